The number of carboxylic acids is 1. The third-order valence-electron chi connectivity index (χ3n) is 6.87. The Morgan fingerprint density at radius 3 is 2.52 bits per heavy atom. The van der Waals surface area contributed by atoms with Gasteiger partial charge in [-0.1, -0.05) is 56.3 Å². The normalized spacial score (nSPS) is 22.9. The number of nitrogens with one attached hydrogen (secondary N) is 1. The van der Waals surface area contributed by atoms with Crippen LogP contribution in [0.5, 0.6) is 5.75 Å². The van der Waals surface area contributed by atoms with Gasteiger partial charge in [0, 0.05) is 19.1 Å². The van der Waals surface area contributed by atoms with Crippen LogP contribution in [-0.2, 0) is 16.0 Å². The average molecular weight is 454 g/mol. The molecule has 0 spiro atoms. The van der Waals surface area contributed by atoms with Crippen LogP contribution in [0.1, 0.15) is 37.4 Å². The fraction of sp³-hybridized carbons (Fsp3) is 0.462. The highest BCUT2D eigenvalue weighted by Gasteiger charge is 2.37. The minimum atomic E-state index is -1.14. The minimum Gasteiger partial charge on any atom is -0.508 e. The number of carbonyl (C=O) groups is 2. The molecule has 1 heterocycles. The highest BCUT2D eigenvalue weighted by molar-refractivity contribution is 5.85. The molecular formula is C26H35N3O4. The van der Waals surface area contributed by atoms with E-state index in [0.29, 0.717) is 24.8 Å². The first-order chi connectivity index (χ1) is 15.8. The van der Waals surface area contributed by atoms with Gasteiger partial charge in [-0.2, -0.15) is 0 Å². The molecule has 0 saturated carbocycles. The molecule has 5 atom stereocenters. The minimum absolute atomic E-state index is 0.0525. The van der Waals surface area contributed by atoms with Gasteiger partial charge in [-0.3, -0.25) is 9.69 Å². The summed E-state index contributed by atoms with van der Waals surface area (Å²) in [5, 5.41) is 22.1. The summed E-state index contributed by atoms with van der Waals surface area (Å²) in [6.45, 7) is 5.60. The van der Waals surface area contributed by atoms with Gasteiger partial charge in [0.25, 0.3) is 0 Å². The summed E-state index contributed by atoms with van der Waals surface area (Å²) in [4.78, 5) is 27.0. The highest BCUT2D eigenvalue weighted by atomic mass is 16.4. The summed E-state index contributed by atoms with van der Waals surface area (Å²) in [7, 11) is 0. The van der Waals surface area contributed by atoms with Gasteiger partial charge in [-0.25, -0.2) is 4.79 Å². The largest absolute Gasteiger partial charge is 0.508 e. The average Bonchev–Trinajstić information content (AvgIpc) is 2.79. The van der Waals surface area contributed by atoms with Crippen LogP contribution >= 0.6 is 0 Å². The van der Waals surface area contributed by atoms with Crippen LogP contribution in [0.25, 0.3) is 0 Å². The van der Waals surface area contributed by atoms with E-state index in [0.717, 1.165) is 24.1 Å². The van der Waals surface area contributed by atoms with Crippen LogP contribution in [0.3, 0.4) is 0 Å². The zero-order valence-electron chi connectivity index (χ0n) is 19.4. The number of phenolic OH excluding ortho intramolecular Hbond substituents is 1. The molecule has 1 unspecified atom stereocenters. The van der Waals surface area contributed by atoms with Crippen molar-refractivity contribution in [3.63, 3.8) is 0 Å². The van der Waals surface area contributed by atoms with Crippen LogP contribution in [0.4, 0.5) is 0 Å². The van der Waals surface area contributed by atoms with Gasteiger partial charge < -0.3 is 21.3 Å². The standard InChI is InChI=1S/C26H35N3O4/c1-17-11-12-29(24(18(17)2)20-9-6-10-22(30)14-20)16-21(13-19-7-4-3-5-8-19)25(31)28-23(15-27)26(32)33/h3-10,14,17-18,21,23-24,30H,11-13,15-16,27H2,1-2H3,(H,28,31)(H,32,33)/t17-,18-,21+,23+,24?/m1/s1. The van der Waals surface area contributed by atoms with E-state index in [1.807, 2.05) is 42.5 Å². The van der Waals surface area contributed by atoms with Crippen molar-refractivity contribution in [1.29, 1.82) is 0 Å². The van der Waals surface area contributed by atoms with E-state index in [1.165, 1.54) is 0 Å². The van der Waals surface area contributed by atoms with Crippen molar-refractivity contribution in [2.24, 2.45) is 23.5 Å². The van der Waals surface area contributed by atoms with E-state index in [-0.39, 0.29) is 24.2 Å². The monoisotopic (exact) mass is 453 g/mol. The molecule has 7 nitrogen and oxygen atoms in total. The zero-order chi connectivity index (χ0) is 24.0. The number of carbonyl (C=O) groups excluding carboxylic acids is 1. The Hall–Kier alpha value is -2.90. The summed E-state index contributed by atoms with van der Waals surface area (Å²) in [5.74, 6) is -0.828. The number of aliphatic carboxylic acids is 1. The maximum atomic E-state index is 13.2. The summed E-state index contributed by atoms with van der Waals surface area (Å²) in [5.41, 5.74) is 7.62. The van der Waals surface area contributed by atoms with Crippen molar-refractivity contribution >= 4 is 11.9 Å². The van der Waals surface area contributed by atoms with Crippen molar-refractivity contribution in [3.8, 4) is 5.75 Å². The van der Waals surface area contributed by atoms with E-state index in [4.69, 9.17) is 5.73 Å². The molecule has 5 N–H and O–H groups in total. The first-order valence-corrected chi connectivity index (χ1v) is 11.6. The molecule has 2 aromatic carbocycles. The lowest BCUT2D eigenvalue weighted by Crippen LogP contribution is -2.51. The third kappa shape index (κ3) is 6.33. The van der Waals surface area contributed by atoms with Crippen LogP contribution < -0.4 is 11.1 Å². The molecule has 2 aromatic rings. The molecular weight excluding hydrogens is 418 g/mol. The summed E-state index contributed by atoms with van der Waals surface area (Å²) in [6, 6.07) is 16.0. The third-order valence-corrected chi connectivity index (χ3v) is 6.87. The Morgan fingerprint density at radius 2 is 1.88 bits per heavy atom. The van der Waals surface area contributed by atoms with Gasteiger partial charge in [-0.15, -0.1) is 0 Å². The Kier molecular flexibility index (Phi) is 8.47. The number of amides is 1. The SMILES string of the molecule is C[C@@H]1CCN(C[C@H](Cc2ccccc2)C(=O)N[C@@H](CN)C(=O)O)C(c2cccc(O)c2)[C@@H]1C. The summed E-state index contributed by atoms with van der Waals surface area (Å²) < 4.78 is 0. The quantitative estimate of drug-likeness (QED) is 0.464. The number of rotatable bonds is 9. The van der Waals surface area contributed by atoms with Crippen LogP contribution in [0.15, 0.2) is 54.6 Å². The van der Waals surface area contributed by atoms with E-state index >= 15 is 0 Å². The number of likely N-dealkylation sites (tertiary alicyclic amines) is 1. The van der Waals surface area contributed by atoms with Crippen LogP contribution in [0.2, 0.25) is 0 Å². The number of aromatic hydroxyl groups is 1. The number of nitrogens with zero attached hydrogens (tertiary/aromatic N) is 1. The predicted octanol–water partition coefficient (Wildman–Crippen LogP) is 2.80. The molecule has 3 rings (SSSR count). The first kappa shape index (κ1) is 24.7. The zero-order valence-corrected chi connectivity index (χ0v) is 19.4. The number of hydrogen-bond donors (Lipinski definition) is 4. The van der Waals surface area contributed by atoms with E-state index < -0.39 is 17.9 Å². The number of nitrogens with two attached hydrogens (primary N) is 1. The molecule has 0 bridgehead atoms. The van der Waals surface area contributed by atoms with Crippen molar-refractivity contribution in [2.75, 3.05) is 19.6 Å². The van der Waals surface area contributed by atoms with Crippen molar-refractivity contribution in [3.05, 3.63) is 65.7 Å². The number of hydrogen-bond acceptors (Lipinski definition) is 5. The Morgan fingerprint density at radius 1 is 1.15 bits per heavy atom. The summed E-state index contributed by atoms with van der Waals surface area (Å²) in [6.07, 6.45) is 1.51. The van der Waals surface area contributed by atoms with Gasteiger partial charge in [0.2, 0.25) is 5.91 Å². The number of piperidine rings is 1. The van der Waals surface area contributed by atoms with Gasteiger partial charge in [0.05, 0.1) is 5.92 Å². The van der Waals surface area contributed by atoms with Gasteiger partial charge in [-0.05, 0) is 54.5 Å². The van der Waals surface area contributed by atoms with E-state index in [9.17, 15) is 19.8 Å². The Labute approximate surface area is 195 Å². The van der Waals surface area contributed by atoms with Crippen LogP contribution in [0, 0.1) is 17.8 Å². The Balaban J connectivity index is 1.88. The summed E-state index contributed by atoms with van der Waals surface area (Å²) >= 11 is 0. The molecule has 1 amide bonds. The molecule has 1 saturated heterocycles. The lowest BCUT2D eigenvalue weighted by molar-refractivity contribution is -0.142. The molecule has 33 heavy (non-hydrogen) atoms. The lowest BCUT2D eigenvalue weighted by Gasteiger charge is -2.45. The number of carboxylic acid groups (broad SMARTS) is 1. The van der Waals surface area contributed by atoms with Crippen molar-refractivity contribution in [1.82, 2.24) is 10.2 Å². The second-order valence-electron chi connectivity index (χ2n) is 9.18. The fourth-order valence-corrected chi connectivity index (χ4v) is 4.78. The fourth-order valence-electron chi connectivity index (χ4n) is 4.78. The van der Waals surface area contributed by atoms with Gasteiger partial charge in [0.1, 0.15) is 11.8 Å². The topological polar surface area (TPSA) is 116 Å². The smallest absolute Gasteiger partial charge is 0.327 e. The molecule has 0 aliphatic carbocycles. The van der Waals surface area contributed by atoms with Gasteiger partial charge in [0.15, 0.2) is 0 Å². The predicted molar refractivity (Wildman–Crippen MR) is 128 cm³/mol. The van der Waals surface area contributed by atoms with Crippen LogP contribution in [-0.4, -0.2) is 52.7 Å². The highest BCUT2D eigenvalue weighted by Crippen LogP contribution is 2.40. The molecule has 1 aliphatic rings. The first-order valence-electron chi connectivity index (χ1n) is 11.6. The maximum absolute atomic E-state index is 13.2. The lowest BCUT2D eigenvalue weighted by atomic mass is 9.78. The maximum Gasteiger partial charge on any atom is 0.327 e. The van der Waals surface area contributed by atoms with Crippen molar-refractivity contribution < 1.29 is 19.8 Å². The second-order valence-corrected chi connectivity index (χ2v) is 9.18. The molecule has 1 aliphatic heterocycles. The molecule has 178 valence electrons. The van der Waals surface area contributed by atoms with E-state index in [1.54, 1.807) is 12.1 Å². The second kappa shape index (κ2) is 11.3. The van der Waals surface area contributed by atoms with E-state index in [2.05, 4.69) is 24.1 Å². The Bertz CT molecular complexity index is 936. The molecule has 1 fully saturated rings. The number of phenols is 1. The number of benzene rings is 2. The molecule has 7 heteroatoms. The van der Waals surface area contributed by atoms with Gasteiger partial charge >= 0.3 is 5.97 Å². The molecule has 0 radical (unpaired) electrons. The molecule has 0 aromatic heterocycles. The van der Waals surface area contributed by atoms with Crippen molar-refractivity contribution in [2.45, 2.75) is 38.8 Å².